The van der Waals surface area contributed by atoms with Gasteiger partial charge in [0, 0.05) is 64.6 Å². The summed E-state index contributed by atoms with van der Waals surface area (Å²) < 4.78 is 0. The fraction of sp³-hybridized carbons (Fsp3) is 0.703. The van der Waals surface area contributed by atoms with Crippen LogP contribution in [-0.2, 0) is 19.2 Å². The summed E-state index contributed by atoms with van der Waals surface area (Å²) in [6.07, 6.45) is 13.2. The zero-order chi connectivity index (χ0) is 38.6. The third-order valence-electron chi connectivity index (χ3n) is 8.67. The van der Waals surface area contributed by atoms with Crippen molar-refractivity contribution < 1.29 is 40.0 Å². The van der Waals surface area contributed by atoms with Crippen LogP contribution in [-0.4, -0.2) is 103 Å². The third-order valence-corrected chi connectivity index (χ3v) is 8.92. The highest BCUT2D eigenvalue weighted by atomic mass is 32.1. The molecule has 14 nitrogen and oxygen atoms in total. The van der Waals surface area contributed by atoms with Gasteiger partial charge in [0.2, 0.25) is 23.6 Å². The summed E-state index contributed by atoms with van der Waals surface area (Å²) in [6, 6.07) is 7.86. The second-order valence-electron chi connectivity index (χ2n) is 13.4. The second-order valence-corrected chi connectivity index (χ2v) is 13.8. The topological polar surface area (TPSA) is 186 Å². The highest BCUT2D eigenvalue weighted by Crippen LogP contribution is 2.12. The van der Waals surface area contributed by atoms with Crippen molar-refractivity contribution in [3.05, 3.63) is 29.8 Å². The van der Waals surface area contributed by atoms with E-state index in [9.17, 15) is 34.8 Å². The number of hydroxylamine groups is 8. The van der Waals surface area contributed by atoms with E-state index >= 15 is 0 Å². The van der Waals surface area contributed by atoms with Gasteiger partial charge in [-0.2, -0.15) is 0 Å². The lowest BCUT2D eigenvalue weighted by Gasteiger charge is -2.16. The summed E-state index contributed by atoms with van der Waals surface area (Å²) in [5.41, 5.74) is 2.05. The molecule has 15 heteroatoms. The number of thiocarbonyl (C=S) groups is 1. The summed E-state index contributed by atoms with van der Waals surface area (Å²) in [5, 5.41) is 48.7. The predicted molar refractivity (Wildman–Crippen MR) is 203 cm³/mol. The summed E-state index contributed by atoms with van der Waals surface area (Å²) in [5.74, 6) is -1.23. The molecule has 1 aromatic carbocycles. The molecule has 0 radical (unpaired) electrons. The van der Waals surface area contributed by atoms with Gasteiger partial charge in [0.25, 0.3) is 0 Å². The van der Waals surface area contributed by atoms with Gasteiger partial charge in [0.05, 0.1) is 0 Å². The molecule has 0 heterocycles. The molecule has 0 atom stereocenters. The van der Waals surface area contributed by atoms with E-state index in [0.717, 1.165) is 84.2 Å². The molecule has 1 rings (SSSR count). The molecule has 0 saturated carbocycles. The minimum atomic E-state index is -0.326. The molecule has 1 aromatic rings. The predicted octanol–water partition coefficient (Wildman–Crippen LogP) is 6.58. The van der Waals surface area contributed by atoms with Gasteiger partial charge in [-0.1, -0.05) is 75.5 Å². The number of hydrogen-bond donors (Lipinski definition) is 6. The van der Waals surface area contributed by atoms with E-state index in [-0.39, 0.29) is 62.5 Å². The number of carbonyl (C=O) groups is 4. The fourth-order valence-corrected chi connectivity index (χ4v) is 5.60. The van der Waals surface area contributed by atoms with Crippen molar-refractivity contribution in [2.75, 3.05) is 38.5 Å². The van der Waals surface area contributed by atoms with Crippen LogP contribution in [0.3, 0.4) is 0 Å². The zero-order valence-corrected chi connectivity index (χ0v) is 32.2. The number of hydrogen-bond acceptors (Lipinski definition) is 9. The Morgan fingerprint density at radius 2 is 0.885 bits per heavy atom. The van der Waals surface area contributed by atoms with Crippen LogP contribution >= 0.6 is 12.2 Å². The number of nitrogens with one attached hydrogen (secondary N) is 2. The number of rotatable bonds is 29. The molecule has 0 bridgehead atoms. The molecule has 0 saturated heterocycles. The average Bonchev–Trinajstić information content (AvgIpc) is 3.12. The number of amides is 4. The van der Waals surface area contributed by atoms with Crippen molar-refractivity contribution in [2.24, 2.45) is 0 Å². The van der Waals surface area contributed by atoms with E-state index in [1.165, 1.54) is 7.05 Å². The lowest BCUT2D eigenvalue weighted by molar-refractivity contribution is -0.166. The first-order valence-electron chi connectivity index (χ1n) is 19.0. The first-order valence-corrected chi connectivity index (χ1v) is 19.4. The summed E-state index contributed by atoms with van der Waals surface area (Å²) in [7, 11) is 1.31. The normalized spacial score (nSPS) is 10.8. The molecule has 0 aliphatic heterocycles. The van der Waals surface area contributed by atoms with Gasteiger partial charge in [-0.3, -0.25) is 40.0 Å². The maximum absolute atomic E-state index is 12.2. The second kappa shape index (κ2) is 29.1. The van der Waals surface area contributed by atoms with Gasteiger partial charge in [0.15, 0.2) is 5.11 Å². The lowest BCUT2D eigenvalue weighted by atomic mass is 10.1. The Bertz CT molecular complexity index is 1170. The van der Waals surface area contributed by atoms with Gasteiger partial charge < -0.3 is 10.6 Å². The van der Waals surface area contributed by atoms with E-state index in [4.69, 9.17) is 17.4 Å². The molecular formula is C37H64N6O8S. The summed E-state index contributed by atoms with van der Waals surface area (Å²) >= 11 is 5.27. The van der Waals surface area contributed by atoms with Crippen molar-refractivity contribution in [1.29, 1.82) is 0 Å². The summed E-state index contributed by atoms with van der Waals surface area (Å²) in [4.78, 5) is 47.8. The highest BCUT2D eigenvalue weighted by Gasteiger charge is 2.13. The molecule has 0 unspecified atom stereocenters. The van der Waals surface area contributed by atoms with Crippen LogP contribution in [0.25, 0.3) is 0 Å². The minimum Gasteiger partial charge on any atom is -0.362 e. The molecule has 6 N–H and O–H groups in total. The van der Waals surface area contributed by atoms with Crippen molar-refractivity contribution in [3.63, 3.8) is 0 Å². The molecular weight excluding hydrogens is 689 g/mol. The number of nitrogens with zero attached hydrogens (tertiary/aromatic N) is 4. The van der Waals surface area contributed by atoms with E-state index in [1.54, 1.807) is 0 Å². The molecule has 0 fully saturated rings. The SMILES string of the molecule is Cc1ccc(NC(=S)NCCCC(=O)N(O)CCCCCCCC(=O)N(O)CCCCCCCC(=O)N(O)CCCCCCCC(=O)N(C)O)cc1. The monoisotopic (exact) mass is 752 g/mol. The molecule has 0 aromatic heterocycles. The molecule has 52 heavy (non-hydrogen) atoms. The molecule has 0 aliphatic rings. The van der Waals surface area contributed by atoms with E-state index in [2.05, 4.69) is 10.6 Å². The molecule has 0 aliphatic carbocycles. The standard InChI is InChI=1S/C37H64N6O8S/c1-31-23-25-32(26-24-31)39-37(52)38-27-18-22-36(47)43(51)30-17-11-5-8-14-21-35(46)42(50)29-16-10-4-7-13-20-34(45)41(49)28-15-9-3-6-12-19-33(44)40(2)48/h23-26,48-51H,3-22,27-30H2,1-2H3,(H2,38,39,52). The number of benzene rings is 1. The van der Waals surface area contributed by atoms with Crippen molar-refractivity contribution in [1.82, 2.24) is 25.6 Å². The number of anilines is 1. The van der Waals surface area contributed by atoms with Crippen LogP contribution < -0.4 is 10.6 Å². The van der Waals surface area contributed by atoms with Crippen LogP contribution in [0.4, 0.5) is 5.69 Å². The zero-order valence-electron chi connectivity index (χ0n) is 31.4. The third kappa shape index (κ3) is 24.0. The largest absolute Gasteiger partial charge is 0.362 e. The van der Waals surface area contributed by atoms with Gasteiger partial charge >= 0.3 is 0 Å². The van der Waals surface area contributed by atoms with Gasteiger partial charge in [0.1, 0.15) is 0 Å². The van der Waals surface area contributed by atoms with Crippen molar-refractivity contribution in [3.8, 4) is 0 Å². The first kappa shape index (κ1) is 46.7. The van der Waals surface area contributed by atoms with Crippen LogP contribution in [0.1, 0.15) is 134 Å². The Hall–Kier alpha value is -3.37. The molecule has 4 amide bonds. The van der Waals surface area contributed by atoms with Gasteiger partial charge in [-0.15, -0.1) is 0 Å². The maximum atomic E-state index is 12.2. The number of carbonyl (C=O) groups excluding carboxylic acids is 4. The Labute approximate surface area is 315 Å². The van der Waals surface area contributed by atoms with Gasteiger partial charge in [-0.25, -0.2) is 20.3 Å². The van der Waals surface area contributed by atoms with Crippen LogP contribution in [0.5, 0.6) is 0 Å². The van der Waals surface area contributed by atoms with E-state index in [1.807, 2.05) is 31.2 Å². The summed E-state index contributed by atoms with van der Waals surface area (Å²) in [6.45, 7) is 3.34. The quantitative estimate of drug-likeness (QED) is 0.0225. The lowest BCUT2D eigenvalue weighted by Crippen LogP contribution is -2.31. The fourth-order valence-electron chi connectivity index (χ4n) is 5.38. The Morgan fingerprint density at radius 1 is 0.538 bits per heavy atom. The van der Waals surface area contributed by atoms with Crippen LogP contribution in [0, 0.1) is 6.92 Å². The Balaban J connectivity index is 1.94. The molecule has 0 spiro atoms. The van der Waals surface area contributed by atoms with E-state index < -0.39 is 0 Å². The van der Waals surface area contributed by atoms with Crippen molar-refractivity contribution >= 4 is 46.6 Å². The van der Waals surface area contributed by atoms with Gasteiger partial charge in [-0.05, 0) is 76.2 Å². The maximum Gasteiger partial charge on any atom is 0.245 e. The minimum absolute atomic E-state index is 0.211. The smallest absolute Gasteiger partial charge is 0.245 e. The first-order chi connectivity index (χ1) is 24.9. The van der Waals surface area contributed by atoms with Crippen LogP contribution in [0.15, 0.2) is 24.3 Å². The van der Waals surface area contributed by atoms with E-state index in [0.29, 0.717) is 68.1 Å². The molecule has 296 valence electrons. The Morgan fingerprint density at radius 3 is 1.29 bits per heavy atom. The highest BCUT2D eigenvalue weighted by molar-refractivity contribution is 7.80. The number of unbranched alkanes of at least 4 members (excludes halogenated alkanes) is 12. The Kier molecular flexibility index (Phi) is 26.1. The van der Waals surface area contributed by atoms with Crippen LogP contribution in [0.2, 0.25) is 0 Å². The average molecular weight is 753 g/mol. The van der Waals surface area contributed by atoms with Crippen molar-refractivity contribution in [2.45, 2.75) is 135 Å². The number of aryl methyl sites for hydroxylation is 1.